The maximum Gasteiger partial charge on any atom is 0.234 e. The van der Waals surface area contributed by atoms with Gasteiger partial charge in [0.1, 0.15) is 0 Å². The van der Waals surface area contributed by atoms with Crippen LogP contribution >= 0.6 is 11.8 Å². The van der Waals surface area contributed by atoms with Crippen LogP contribution in [0, 0.1) is 0 Å². The molecule has 0 aliphatic carbocycles. The molecule has 0 spiro atoms. The van der Waals surface area contributed by atoms with E-state index in [1.54, 1.807) is 22.6 Å². The maximum absolute atomic E-state index is 11.8. The average molecular weight is 289 g/mol. The SMILES string of the molecule is CC(C)(C)SCC(=O)Nc1cnn(-c2ccccc2)c1. The van der Waals surface area contributed by atoms with Crippen LogP contribution < -0.4 is 5.32 Å². The van der Waals surface area contributed by atoms with Gasteiger partial charge in [-0.05, 0) is 12.1 Å². The fraction of sp³-hybridized carbons (Fsp3) is 0.333. The largest absolute Gasteiger partial charge is 0.323 e. The average Bonchev–Trinajstić information content (AvgIpc) is 2.85. The second kappa shape index (κ2) is 6.13. The van der Waals surface area contributed by atoms with Crippen LogP contribution in [0.2, 0.25) is 0 Å². The molecule has 106 valence electrons. The lowest BCUT2D eigenvalue weighted by atomic mass is 10.3. The molecule has 5 heteroatoms. The third kappa shape index (κ3) is 4.42. The summed E-state index contributed by atoms with van der Waals surface area (Å²) < 4.78 is 1.83. The molecule has 1 aromatic heterocycles. The molecule has 1 aromatic carbocycles. The highest BCUT2D eigenvalue weighted by molar-refractivity contribution is 8.01. The molecule has 0 fully saturated rings. The van der Waals surface area contributed by atoms with Crippen molar-refractivity contribution in [1.82, 2.24) is 9.78 Å². The lowest BCUT2D eigenvalue weighted by molar-refractivity contribution is -0.113. The third-order valence-electron chi connectivity index (χ3n) is 2.52. The molecule has 0 saturated heterocycles. The van der Waals surface area contributed by atoms with Crippen molar-refractivity contribution in [3.05, 3.63) is 42.7 Å². The Morgan fingerprint density at radius 2 is 2.00 bits per heavy atom. The van der Waals surface area contributed by atoms with E-state index in [-0.39, 0.29) is 10.7 Å². The first-order chi connectivity index (χ1) is 9.44. The highest BCUT2D eigenvalue weighted by Crippen LogP contribution is 2.23. The molecule has 0 atom stereocenters. The Morgan fingerprint density at radius 3 is 2.65 bits per heavy atom. The smallest absolute Gasteiger partial charge is 0.234 e. The van der Waals surface area contributed by atoms with E-state index in [0.29, 0.717) is 11.4 Å². The van der Waals surface area contributed by atoms with Crippen LogP contribution in [-0.4, -0.2) is 26.2 Å². The third-order valence-corrected chi connectivity index (χ3v) is 3.80. The monoisotopic (exact) mass is 289 g/mol. The van der Waals surface area contributed by atoms with Gasteiger partial charge in [-0.1, -0.05) is 39.0 Å². The van der Waals surface area contributed by atoms with E-state index < -0.39 is 0 Å². The minimum absolute atomic E-state index is 0.00228. The summed E-state index contributed by atoms with van der Waals surface area (Å²) >= 11 is 1.62. The van der Waals surface area contributed by atoms with Crippen molar-refractivity contribution in [2.24, 2.45) is 0 Å². The summed E-state index contributed by atoms with van der Waals surface area (Å²) in [5, 5.41) is 7.11. The van der Waals surface area contributed by atoms with Crippen LogP contribution in [0.25, 0.3) is 5.69 Å². The number of amides is 1. The molecular formula is C15H19N3OS. The second-order valence-corrected chi connectivity index (χ2v) is 7.26. The number of nitrogens with zero attached hydrogens (tertiary/aromatic N) is 2. The predicted octanol–water partition coefficient (Wildman–Crippen LogP) is 3.34. The molecule has 20 heavy (non-hydrogen) atoms. The standard InChI is InChI=1S/C15H19N3OS/c1-15(2,3)20-11-14(19)17-12-9-16-18(10-12)13-7-5-4-6-8-13/h4-10H,11H2,1-3H3,(H,17,19). The summed E-state index contributed by atoms with van der Waals surface area (Å²) in [6, 6.07) is 9.80. The molecule has 2 aromatic rings. The number of carbonyl (C=O) groups is 1. The van der Waals surface area contributed by atoms with Gasteiger partial charge in [0, 0.05) is 4.75 Å². The molecule has 4 nitrogen and oxygen atoms in total. The van der Waals surface area contributed by atoms with Crippen molar-refractivity contribution in [3.8, 4) is 5.69 Å². The predicted molar refractivity (Wildman–Crippen MR) is 84.4 cm³/mol. The molecule has 0 bridgehead atoms. The van der Waals surface area contributed by atoms with Gasteiger partial charge in [-0.15, -0.1) is 11.8 Å². The lowest BCUT2D eigenvalue weighted by Crippen LogP contribution is -2.18. The fourth-order valence-corrected chi connectivity index (χ4v) is 2.22. The summed E-state index contributed by atoms with van der Waals surface area (Å²) in [6.07, 6.45) is 3.47. The number of nitrogens with one attached hydrogen (secondary N) is 1. The molecule has 0 unspecified atom stereocenters. The number of hydrogen-bond donors (Lipinski definition) is 1. The molecule has 1 N–H and O–H groups in total. The van der Waals surface area contributed by atoms with Gasteiger partial charge >= 0.3 is 0 Å². The number of hydrogen-bond acceptors (Lipinski definition) is 3. The summed E-state index contributed by atoms with van der Waals surface area (Å²) in [7, 11) is 0. The number of carbonyl (C=O) groups excluding carboxylic acids is 1. The molecular weight excluding hydrogens is 270 g/mol. The molecule has 0 radical (unpaired) electrons. The topological polar surface area (TPSA) is 46.9 Å². The lowest BCUT2D eigenvalue weighted by Gasteiger charge is -2.16. The number of anilines is 1. The van der Waals surface area contributed by atoms with Crippen LogP contribution in [0.3, 0.4) is 0 Å². The van der Waals surface area contributed by atoms with Crippen molar-refractivity contribution in [3.63, 3.8) is 0 Å². The van der Waals surface area contributed by atoms with Crippen LogP contribution in [0.1, 0.15) is 20.8 Å². The van der Waals surface area contributed by atoms with E-state index in [2.05, 4.69) is 31.2 Å². The Morgan fingerprint density at radius 1 is 1.30 bits per heavy atom. The Hall–Kier alpha value is -1.75. The van der Waals surface area contributed by atoms with Gasteiger partial charge in [-0.3, -0.25) is 4.79 Å². The zero-order chi connectivity index (χ0) is 14.6. The van der Waals surface area contributed by atoms with Crippen molar-refractivity contribution >= 4 is 23.4 Å². The first kappa shape index (κ1) is 14.7. The molecule has 0 saturated carbocycles. The van der Waals surface area contributed by atoms with Gasteiger partial charge in [0.25, 0.3) is 0 Å². The number of thioether (sulfide) groups is 1. The number of para-hydroxylation sites is 1. The van der Waals surface area contributed by atoms with E-state index in [1.165, 1.54) is 0 Å². The van der Waals surface area contributed by atoms with E-state index in [4.69, 9.17) is 0 Å². The highest BCUT2D eigenvalue weighted by atomic mass is 32.2. The number of benzene rings is 1. The van der Waals surface area contributed by atoms with Gasteiger partial charge < -0.3 is 5.32 Å². The van der Waals surface area contributed by atoms with Crippen molar-refractivity contribution in [2.75, 3.05) is 11.1 Å². The van der Waals surface area contributed by atoms with Gasteiger partial charge in [0.2, 0.25) is 5.91 Å². The van der Waals surface area contributed by atoms with Crippen molar-refractivity contribution in [1.29, 1.82) is 0 Å². The Balaban J connectivity index is 1.95. The van der Waals surface area contributed by atoms with Gasteiger partial charge in [0.15, 0.2) is 0 Å². The fourth-order valence-electron chi connectivity index (χ4n) is 1.59. The second-order valence-electron chi connectivity index (χ2n) is 5.46. The van der Waals surface area contributed by atoms with E-state index in [1.807, 2.05) is 36.5 Å². The Labute approximate surface area is 123 Å². The van der Waals surface area contributed by atoms with Gasteiger partial charge in [-0.25, -0.2) is 4.68 Å². The zero-order valence-electron chi connectivity index (χ0n) is 12.0. The van der Waals surface area contributed by atoms with E-state index in [0.717, 1.165) is 5.69 Å². The van der Waals surface area contributed by atoms with Crippen LogP contribution in [-0.2, 0) is 4.79 Å². The molecule has 0 aliphatic rings. The summed E-state index contributed by atoms with van der Waals surface area (Å²) in [4.78, 5) is 11.8. The van der Waals surface area contributed by atoms with Crippen LogP contribution in [0.4, 0.5) is 5.69 Å². The zero-order valence-corrected chi connectivity index (χ0v) is 12.8. The molecule has 0 aliphatic heterocycles. The Bertz CT molecular complexity index is 572. The maximum atomic E-state index is 11.8. The summed E-state index contributed by atoms with van der Waals surface area (Å²) in [6.45, 7) is 6.29. The van der Waals surface area contributed by atoms with Crippen LogP contribution in [0.5, 0.6) is 0 Å². The first-order valence-corrected chi connectivity index (χ1v) is 7.46. The quantitative estimate of drug-likeness (QED) is 0.939. The van der Waals surface area contributed by atoms with Gasteiger partial charge in [-0.2, -0.15) is 5.10 Å². The number of aromatic nitrogens is 2. The van der Waals surface area contributed by atoms with E-state index >= 15 is 0 Å². The number of rotatable bonds is 4. The summed E-state index contributed by atoms with van der Waals surface area (Å²) in [5.74, 6) is 0.442. The minimum Gasteiger partial charge on any atom is -0.323 e. The molecule has 1 heterocycles. The van der Waals surface area contributed by atoms with Gasteiger partial charge in [0.05, 0.1) is 29.5 Å². The minimum atomic E-state index is -0.00228. The highest BCUT2D eigenvalue weighted by Gasteiger charge is 2.13. The first-order valence-electron chi connectivity index (χ1n) is 6.48. The van der Waals surface area contributed by atoms with Crippen LogP contribution in [0.15, 0.2) is 42.7 Å². The van der Waals surface area contributed by atoms with E-state index in [9.17, 15) is 4.79 Å². The van der Waals surface area contributed by atoms with Crippen molar-refractivity contribution < 1.29 is 4.79 Å². The molecule has 1 amide bonds. The van der Waals surface area contributed by atoms with Crippen molar-refractivity contribution in [2.45, 2.75) is 25.5 Å². The molecule has 2 rings (SSSR count). The normalized spacial score (nSPS) is 11.3. The Kier molecular flexibility index (Phi) is 4.49. The summed E-state index contributed by atoms with van der Waals surface area (Å²) in [5.41, 5.74) is 1.69.